The van der Waals surface area contributed by atoms with Crippen LogP contribution in [0.15, 0.2) is 39.2 Å². The van der Waals surface area contributed by atoms with Crippen molar-refractivity contribution in [1.29, 1.82) is 0 Å². The van der Waals surface area contributed by atoms with Crippen molar-refractivity contribution in [2.45, 2.75) is 6.54 Å². The van der Waals surface area contributed by atoms with Gasteiger partial charge in [-0.3, -0.25) is 4.79 Å². The van der Waals surface area contributed by atoms with Gasteiger partial charge in [0, 0.05) is 23.3 Å². The maximum absolute atomic E-state index is 11.3. The number of nitrogens with zero attached hydrogens (tertiary/aromatic N) is 1. The van der Waals surface area contributed by atoms with Crippen LogP contribution in [0.2, 0.25) is 0 Å². The van der Waals surface area contributed by atoms with Gasteiger partial charge in [-0.15, -0.1) is 11.3 Å². The fraction of sp³-hybridized carbons (Fsp3) is 0.0909. The Morgan fingerprint density at radius 1 is 1.41 bits per heavy atom. The van der Waals surface area contributed by atoms with Gasteiger partial charge in [0.15, 0.2) is 5.43 Å². The second-order valence-corrected chi connectivity index (χ2v) is 5.95. The van der Waals surface area contributed by atoms with Gasteiger partial charge in [-0.1, -0.05) is 0 Å². The van der Waals surface area contributed by atoms with E-state index in [0.29, 0.717) is 6.54 Å². The van der Waals surface area contributed by atoms with Gasteiger partial charge in [0.2, 0.25) is 0 Å². The van der Waals surface area contributed by atoms with Crippen LogP contribution in [0, 0.1) is 0 Å². The first kappa shape index (κ1) is 12.1. The highest BCUT2D eigenvalue weighted by Gasteiger charge is 2.08. The number of hydrogen-bond acceptors (Lipinski definition) is 3. The van der Waals surface area contributed by atoms with Crippen molar-refractivity contribution in [2.75, 3.05) is 0 Å². The summed E-state index contributed by atoms with van der Waals surface area (Å²) in [5.74, 6) is -1.20. The summed E-state index contributed by atoms with van der Waals surface area (Å²) in [5.41, 5.74) is -0.677. The van der Waals surface area contributed by atoms with Crippen LogP contribution in [-0.4, -0.2) is 15.6 Å². The van der Waals surface area contributed by atoms with Crippen molar-refractivity contribution in [1.82, 2.24) is 4.57 Å². The van der Waals surface area contributed by atoms with Gasteiger partial charge >= 0.3 is 5.97 Å². The molecule has 0 aliphatic rings. The number of halogens is 1. The van der Waals surface area contributed by atoms with Gasteiger partial charge in [-0.25, -0.2) is 4.79 Å². The number of thiophene rings is 1. The quantitative estimate of drug-likeness (QED) is 0.946. The molecule has 17 heavy (non-hydrogen) atoms. The molecule has 0 amide bonds. The lowest BCUT2D eigenvalue weighted by atomic mass is 10.3. The molecule has 2 heterocycles. The fourth-order valence-electron chi connectivity index (χ4n) is 1.40. The molecule has 0 radical (unpaired) electrons. The second-order valence-electron chi connectivity index (χ2n) is 3.41. The Balaban J connectivity index is 2.31. The van der Waals surface area contributed by atoms with E-state index in [9.17, 15) is 9.59 Å². The Morgan fingerprint density at radius 2 is 2.18 bits per heavy atom. The molecule has 0 saturated carbocycles. The van der Waals surface area contributed by atoms with Crippen LogP contribution in [0.3, 0.4) is 0 Å². The molecule has 0 aromatic carbocycles. The number of pyridine rings is 1. The largest absolute Gasteiger partial charge is 0.477 e. The molecule has 1 N–H and O–H groups in total. The molecule has 2 aromatic heterocycles. The van der Waals surface area contributed by atoms with E-state index in [2.05, 4.69) is 15.9 Å². The Bertz CT molecular complexity index is 617. The highest BCUT2D eigenvalue weighted by molar-refractivity contribution is 9.11. The maximum Gasteiger partial charge on any atom is 0.341 e. The van der Waals surface area contributed by atoms with Crippen LogP contribution in [0.4, 0.5) is 0 Å². The fourth-order valence-corrected chi connectivity index (χ4v) is 2.89. The van der Waals surface area contributed by atoms with Gasteiger partial charge in [0.05, 0.1) is 10.3 Å². The number of aromatic nitrogens is 1. The van der Waals surface area contributed by atoms with Crippen LogP contribution in [-0.2, 0) is 6.54 Å². The predicted octanol–water partition coefficient (Wildman–Crippen LogP) is 2.42. The lowest BCUT2D eigenvalue weighted by Gasteiger charge is -2.04. The van der Waals surface area contributed by atoms with Gasteiger partial charge < -0.3 is 9.67 Å². The highest BCUT2D eigenvalue weighted by atomic mass is 79.9. The van der Waals surface area contributed by atoms with Crippen LogP contribution < -0.4 is 5.43 Å². The SMILES string of the molecule is O=C(O)c1cn(Cc2ccc(Br)s2)ccc1=O. The monoisotopic (exact) mass is 313 g/mol. The van der Waals surface area contributed by atoms with Crippen molar-refractivity contribution in [3.8, 4) is 0 Å². The molecule has 0 bridgehead atoms. The summed E-state index contributed by atoms with van der Waals surface area (Å²) in [6.45, 7) is 0.552. The molecule has 0 atom stereocenters. The molecule has 0 spiro atoms. The summed E-state index contributed by atoms with van der Waals surface area (Å²) >= 11 is 4.93. The number of aromatic carboxylic acids is 1. The zero-order chi connectivity index (χ0) is 12.4. The topological polar surface area (TPSA) is 59.3 Å². The van der Waals surface area contributed by atoms with Crippen LogP contribution >= 0.6 is 27.3 Å². The van der Waals surface area contributed by atoms with E-state index < -0.39 is 11.4 Å². The molecule has 0 unspecified atom stereocenters. The smallest absolute Gasteiger partial charge is 0.341 e. The molecule has 88 valence electrons. The van der Waals surface area contributed by atoms with Gasteiger partial charge in [0.25, 0.3) is 0 Å². The van der Waals surface area contributed by atoms with Gasteiger partial charge in [0.1, 0.15) is 5.56 Å². The van der Waals surface area contributed by atoms with E-state index in [1.54, 1.807) is 22.1 Å². The van der Waals surface area contributed by atoms with E-state index >= 15 is 0 Å². The second kappa shape index (κ2) is 4.85. The molecule has 0 aliphatic carbocycles. The standard InChI is InChI=1S/C11H8BrNO3S/c12-10-2-1-7(17-10)5-13-4-3-9(14)8(6-13)11(15)16/h1-4,6H,5H2,(H,15,16). The van der Waals surface area contributed by atoms with Crippen LogP contribution in [0.1, 0.15) is 15.2 Å². The Kier molecular flexibility index (Phi) is 3.44. The predicted molar refractivity (Wildman–Crippen MR) is 68.8 cm³/mol. The lowest BCUT2D eigenvalue weighted by Crippen LogP contribution is -2.16. The minimum Gasteiger partial charge on any atom is -0.477 e. The minimum atomic E-state index is -1.20. The van der Waals surface area contributed by atoms with E-state index in [0.717, 1.165) is 8.66 Å². The first-order valence-corrected chi connectivity index (χ1v) is 6.35. The third-order valence-electron chi connectivity index (χ3n) is 2.18. The number of rotatable bonds is 3. The Morgan fingerprint density at radius 3 is 2.76 bits per heavy atom. The minimum absolute atomic E-state index is 0.205. The van der Waals surface area contributed by atoms with E-state index in [-0.39, 0.29) is 5.56 Å². The average molecular weight is 314 g/mol. The summed E-state index contributed by atoms with van der Waals surface area (Å²) in [4.78, 5) is 23.2. The molecule has 0 saturated heterocycles. The number of carboxylic acids is 1. The van der Waals surface area contributed by atoms with Crippen molar-refractivity contribution in [2.24, 2.45) is 0 Å². The van der Waals surface area contributed by atoms with Gasteiger partial charge in [-0.05, 0) is 28.1 Å². The zero-order valence-electron chi connectivity index (χ0n) is 8.59. The number of carboxylic acid groups (broad SMARTS) is 1. The summed E-state index contributed by atoms with van der Waals surface area (Å²) in [5, 5.41) is 8.84. The Hall–Kier alpha value is -1.40. The molecule has 6 heteroatoms. The van der Waals surface area contributed by atoms with E-state index in [1.807, 2.05) is 12.1 Å². The van der Waals surface area contributed by atoms with Crippen molar-refractivity contribution < 1.29 is 9.90 Å². The van der Waals surface area contributed by atoms with Crippen LogP contribution in [0.5, 0.6) is 0 Å². The molecular formula is C11H8BrNO3S. The summed E-state index contributed by atoms with van der Waals surface area (Å²) < 4.78 is 2.70. The van der Waals surface area contributed by atoms with Crippen molar-refractivity contribution in [3.63, 3.8) is 0 Å². The average Bonchev–Trinajstić information content (AvgIpc) is 2.66. The highest BCUT2D eigenvalue weighted by Crippen LogP contribution is 2.22. The molecular weight excluding hydrogens is 306 g/mol. The van der Waals surface area contributed by atoms with Gasteiger partial charge in [-0.2, -0.15) is 0 Å². The first-order chi connectivity index (χ1) is 8.06. The van der Waals surface area contributed by atoms with E-state index in [4.69, 9.17) is 5.11 Å². The molecule has 2 rings (SSSR count). The van der Waals surface area contributed by atoms with Crippen molar-refractivity contribution >= 4 is 33.2 Å². The molecule has 0 fully saturated rings. The molecule has 2 aromatic rings. The first-order valence-electron chi connectivity index (χ1n) is 4.74. The molecule has 0 aliphatic heterocycles. The summed E-state index contributed by atoms with van der Waals surface area (Å²) in [6.07, 6.45) is 2.95. The normalized spacial score (nSPS) is 10.4. The summed E-state index contributed by atoms with van der Waals surface area (Å²) in [7, 11) is 0. The van der Waals surface area contributed by atoms with Crippen LogP contribution in [0.25, 0.3) is 0 Å². The maximum atomic E-state index is 11.3. The lowest BCUT2D eigenvalue weighted by molar-refractivity contribution is 0.0694. The third kappa shape index (κ3) is 2.83. The van der Waals surface area contributed by atoms with Crippen molar-refractivity contribution in [3.05, 3.63) is 55.0 Å². The number of hydrogen-bond donors (Lipinski definition) is 1. The van der Waals surface area contributed by atoms with E-state index in [1.165, 1.54) is 12.3 Å². The summed E-state index contributed by atoms with van der Waals surface area (Å²) in [6, 6.07) is 5.15. The number of carbonyl (C=O) groups is 1. The third-order valence-corrected chi connectivity index (χ3v) is 3.78. The molecule has 4 nitrogen and oxygen atoms in total. The zero-order valence-corrected chi connectivity index (χ0v) is 11.0. The Labute approximate surface area is 109 Å².